The minimum atomic E-state index is 1.29. The summed E-state index contributed by atoms with van der Waals surface area (Å²) >= 11 is 1.46. The molecular weight excluding hydrogens is 608 g/mol. The third kappa shape index (κ3) is 6.86. The number of hydrogen-bond acceptors (Lipinski definition) is 0. The first-order valence-electron chi connectivity index (χ1n) is 15.0. The van der Waals surface area contributed by atoms with Crippen molar-refractivity contribution in [2.75, 3.05) is 0 Å². The van der Waals surface area contributed by atoms with Crippen molar-refractivity contribution in [3.8, 4) is 11.1 Å². The molecule has 0 radical (unpaired) electrons. The van der Waals surface area contributed by atoms with Gasteiger partial charge in [0.15, 0.2) is 0 Å². The van der Waals surface area contributed by atoms with E-state index in [0.29, 0.717) is 0 Å². The molecule has 0 aromatic heterocycles. The Morgan fingerprint density at radius 1 is 0.523 bits per heavy atom. The van der Waals surface area contributed by atoms with E-state index in [2.05, 4.69) is 184 Å². The number of aryl methyl sites for hydroxylation is 2. The van der Waals surface area contributed by atoms with Gasteiger partial charge in [0.2, 0.25) is 0 Å². The second-order valence-electron chi connectivity index (χ2n) is 11.1. The summed E-state index contributed by atoms with van der Waals surface area (Å²) in [6.07, 6.45) is 0. The van der Waals surface area contributed by atoms with Gasteiger partial charge in [0.25, 0.3) is 0 Å². The van der Waals surface area contributed by atoms with E-state index in [-0.39, 0.29) is 0 Å². The molecule has 0 saturated heterocycles. The van der Waals surface area contributed by atoms with Crippen LogP contribution >= 0.6 is 0 Å². The summed E-state index contributed by atoms with van der Waals surface area (Å²) in [5.74, 6) is 0. The Hall–Kier alpha value is -4.45. The van der Waals surface area contributed by atoms with E-state index in [9.17, 15) is 0 Å². The van der Waals surface area contributed by atoms with E-state index in [1.165, 1.54) is 93.1 Å². The zero-order valence-corrected chi connectivity index (χ0v) is 27.6. The molecule has 0 aliphatic rings. The van der Waals surface area contributed by atoms with E-state index in [1.807, 2.05) is 0 Å². The van der Waals surface area contributed by atoms with Gasteiger partial charge >= 0.3 is 99.2 Å². The SMILES string of the molecule is Cc1ccc2c(c1)[cH-]c1cc(C)ccc12.[Zr+2]=[C](c1ccccc1)c1ccccc1.c1ccc(-c2cccc3cc[cH-]c23)cc1. The van der Waals surface area contributed by atoms with Crippen molar-refractivity contribution in [3.63, 3.8) is 0 Å². The van der Waals surface area contributed by atoms with Crippen molar-refractivity contribution in [1.29, 1.82) is 0 Å². The summed E-state index contributed by atoms with van der Waals surface area (Å²) in [5, 5.41) is 8.11. The topological polar surface area (TPSA) is 0 Å². The Balaban J connectivity index is 0.000000117. The van der Waals surface area contributed by atoms with Crippen LogP contribution in [0.3, 0.4) is 0 Å². The van der Waals surface area contributed by atoms with Gasteiger partial charge < -0.3 is 0 Å². The Morgan fingerprint density at radius 2 is 1.05 bits per heavy atom. The number of rotatable bonds is 3. The maximum Gasteiger partial charge on any atom is -0.0598 e. The molecule has 0 fully saturated rings. The largest absolute Gasteiger partial charge is 0.168 e. The van der Waals surface area contributed by atoms with E-state index in [0.717, 1.165) is 0 Å². The summed E-state index contributed by atoms with van der Waals surface area (Å²) in [6, 6.07) is 60.1. The molecule has 8 aromatic carbocycles. The fourth-order valence-corrected chi connectivity index (χ4v) is 6.49. The molecule has 210 valence electrons. The normalized spacial score (nSPS) is 10.6. The van der Waals surface area contributed by atoms with Crippen LogP contribution in [0.15, 0.2) is 170 Å². The first-order valence-corrected chi connectivity index (χ1v) is 16.3. The predicted molar refractivity (Wildman–Crippen MR) is 188 cm³/mol. The van der Waals surface area contributed by atoms with E-state index >= 15 is 0 Å². The Bertz CT molecular complexity index is 2030. The molecule has 0 N–H and O–H groups in total. The Labute approximate surface area is 275 Å². The molecule has 8 aromatic rings. The molecule has 8 rings (SSSR count). The first-order chi connectivity index (χ1) is 21.6. The molecule has 0 heterocycles. The molecular formula is C43H34Zr. The molecule has 0 amide bonds. The summed E-state index contributed by atoms with van der Waals surface area (Å²) in [4.78, 5) is 0. The molecule has 0 saturated carbocycles. The summed E-state index contributed by atoms with van der Waals surface area (Å²) in [7, 11) is 0. The predicted octanol–water partition coefficient (Wildman–Crippen LogP) is 11.4. The summed E-state index contributed by atoms with van der Waals surface area (Å²) < 4.78 is 1.42. The van der Waals surface area contributed by atoms with Gasteiger partial charge in [-0.25, -0.2) is 0 Å². The molecule has 1 heteroatoms. The van der Waals surface area contributed by atoms with Crippen LogP contribution < -0.4 is 0 Å². The third-order valence-electron chi connectivity index (χ3n) is 7.90. The first kappa shape index (κ1) is 29.6. The second kappa shape index (κ2) is 13.9. The molecule has 0 atom stereocenters. The van der Waals surface area contributed by atoms with Crippen molar-refractivity contribution in [2.24, 2.45) is 0 Å². The summed E-state index contributed by atoms with van der Waals surface area (Å²) in [6.45, 7) is 4.28. The van der Waals surface area contributed by atoms with Gasteiger partial charge in [-0.3, -0.25) is 0 Å². The quantitative estimate of drug-likeness (QED) is 0.168. The van der Waals surface area contributed by atoms with Gasteiger partial charge in [0.05, 0.1) is 0 Å². The van der Waals surface area contributed by atoms with Crippen LogP contribution in [-0.2, 0) is 24.2 Å². The molecule has 0 aliphatic carbocycles. The second-order valence-corrected chi connectivity index (χ2v) is 12.4. The van der Waals surface area contributed by atoms with Gasteiger partial charge in [-0.2, -0.15) is 12.1 Å². The average Bonchev–Trinajstić information content (AvgIpc) is 3.70. The molecule has 0 nitrogen and oxygen atoms in total. The molecule has 0 unspecified atom stereocenters. The van der Waals surface area contributed by atoms with Crippen molar-refractivity contribution >= 4 is 35.5 Å². The average molecular weight is 642 g/mol. The number of benzene rings is 6. The zero-order chi connectivity index (χ0) is 30.3. The van der Waals surface area contributed by atoms with Crippen LogP contribution in [0.4, 0.5) is 0 Å². The van der Waals surface area contributed by atoms with Crippen molar-refractivity contribution < 1.29 is 24.2 Å². The van der Waals surface area contributed by atoms with Gasteiger partial charge in [0, 0.05) is 0 Å². The molecule has 0 aliphatic heterocycles. The Kier molecular flexibility index (Phi) is 9.35. The molecule has 44 heavy (non-hydrogen) atoms. The van der Waals surface area contributed by atoms with E-state index in [1.54, 1.807) is 0 Å². The van der Waals surface area contributed by atoms with Gasteiger partial charge in [-0.1, -0.05) is 89.0 Å². The van der Waals surface area contributed by atoms with Crippen LogP contribution in [0.5, 0.6) is 0 Å². The smallest absolute Gasteiger partial charge is 0.0598 e. The van der Waals surface area contributed by atoms with Gasteiger partial charge in [-0.15, -0.1) is 62.6 Å². The third-order valence-corrected chi connectivity index (χ3v) is 9.32. The Morgan fingerprint density at radius 3 is 1.59 bits per heavy atom. The van der Waals surface area contributed by atoms with Crippen molar-refractivity contribution in [1.82, 2.24) is 0 Å². The maximum absolute atomic E-state index is 2.28. The molecule has 0 bridgehead atoms. The monoisotopic (exact) mass is 640 g/mol. The molecule has 0 spiro atoms. The van der Waals surface area contributed by atoms with Crippen LogP contribution in [0.1, 0.15) is 22.3 Å². The minimum absolute atomic E-state index is 1.29. The fraction of sp³-hybridized carbons (Fsp3) is 0.0465. The number of hydrogen-bond donors (Lipinski definition) is 0. The van der Waals surface area contributed by atoms with E-state index < -0.39 is 0 Å². The summed E-state index contributed by atoms with van der Waals surface area (Å²) in [5.41, 5.74) is 7.92. The van der Waals surface area contributed by atoms with E-state index in [4.69, 9.17) is 0 Å². The van der Waals surface area contributed by atoms with Gasteiger partial charge in [-0.05, 0) is 13.8 Å². The standard InChI is InChI=1S/C15H13.C15H11.C13H10.Zr/c1-10-3-5-14-12(7-10)9-13-8-11(2)4-6-15(13)14;1-2-6-12(7-3-1)14-10-4-8-13-9-5-11-15(13)14;1-3-7-12(8-4-1)11-13-9-5-2-6-10-13;/h3-9H,1-2H3;1-11H;1-10H;/q2*-1;;+2. The van der Waals surface area contributed by atoms with Crippen LogP contribution in [0.2, 0.25) is 0 Å². The maximum atomic E-state index is 2.28. The van der Waals surface area contributed by atoms with Crippen molar-refractivity contribution in [3.05, 3.63) is 192 Å². The van der Waals surface area contributed by atoms with Crippen molar-refractivity contribution in [2.45, 2.75) is 13.8 Å². The van der Waals surface area contributed by atoms with Crippen LogP contribution in [0, 0.1) is 13.8 Å². The fourth-order valence-electron chi connectivity index (χ4n) is 5.67. The van der Waals surface area contributed by atoms with Crippen LogP contribution in [-0.4, -0.2) is 3.21 Å². The van der Waals surface area contributed by atoms with Crippen LogP contribution in [0.25, 0.3) is 43.4 Å². The minimum Gasteiger partial charge on any atom is -0.168 e. The zero-order valence-electron chi connectivity index (χ0n) is 25.2. The number of fused-ring (bicyclic) bond motifs is 4. The van der Waals surface area contributed by atoms with Gasteiger partial charge in [0.1, 0.15) is 0 Å².